The second kappa shape index (κ2) is 7.35. The molecule has 0 aliphatic heterocycles. The zero-order valence-corrected chi connectivity index (χ0v) is 16.7. The van der Waals surface area contributed by atoms with Crippen molar-refractivity contribution in [3.63, 3.8) is 0 Å². The van der Waals surface area contributed by atoms with Crippen LogP contribution < -0.4 is 15.0 Å². The highest BCUT2D eigenvalue weighted by molar-refractivity contribution is 7.18. The van der Waals surface area contributed by atoms with E-state index in [0.29, 0.717) is 29.8 Å². The van der Waals surface area contributed by atoms with Gasteiger partial charge in [-0.1, -0.05) is 13.8 Å². The predicted molar refractivity (Wildman–Crippen MR) is 109 cm³/mol. The molecule has 1 N–H and O–H groups in total. The summed E-state index contributed by atoms with van der Waals surface area (Å²) in [6.07, 6.45) is 4.08. The van der Waals surface area contributed by atoms with Gasteiger partial charge in [0.2, 0.25) is 0 Å². The maximum absolute atomic E-state index is 12.8. The van der Waals surface area contributed by atoms with Gasteiger partial charge in [-0.05, 0) is 55.4 Å². The number of methoxy groups -OCH3 is 1. The van der Waals surface area contributed by atoms with E-state index in [9.17, 15) is 4.79 Å². The molecule has 0 radical (unpaired) electrons. The molecule has 27 heavy (non-hydrogen) atoms. The van der Waals surface area contributed by atoms with Crippen molar-refractivity contribution >= 4 is 21.6 Å². The molecule has 1 atom stereocenters. The topological polar surface area (TPSA) is 64.2 Å². The van der Waals surface area contributed by atoms with Crippen LogP contribution in [0.5, 0.6) is 11.5 Å². The standard InChI is InChI=1S/C21H24N2O3S/c1-4-9-26-15-8-6-13(11-16(15)25-3)19-22-20(24)18-14-7-5-12(2)10-17(14)27-21(18)23-19/h6,8,11-12H,4-5,7,9-10H2,1-3H3,(H,22,23,24). The van der Waals surface area contributed by atoms with E-state index in [1.807, 2.05) is 18.2 Å². The van der Waals surface area contributed by atoms with Crippen molar-refractivity contribution in [3.8, 4) is 22.9 Å². The molecule has 0 fully saturated rings. The van der Waals surface area contributed by atoms with Crippen LogP contribution in [-0.4, -0.2) is 23.7 Å². The summed E-state index contributed by atoms with van der Waals surface area (Å²) in [7, 11) is 1.62. The van der Waals surface area contributed by atoms with Crippen LogP contribution in [0.1, 0.15) is 37.1 Å². The Labute approximate surface area is 162 Å². The van der Waals surface area contributed by atoms with E-state index in [0.717, 1.165) is 41.5 Å². The number of ether oxygens (including phenoxy) is 2. The van der Waals surface area contributed by atoms with Crippen LogP contribution >= 0.6 is 11.3 Å². The van der Waals surface area contributed by atoms with Crippen LogP contribution in [0.3, 0.4) is 0 Å². The van der Waals surface area contributed by atoms with Crippen LogP contribution in [0.4, 0.5) is 0 Å². The Morgan fingerprint density at radius 1 is 1.33 bits per heavy atom. The molecule has 5 nitrogen and oxygen atoms in total. The van der Waals surface area contributed by atoms with Gasteiger partial charge in [0.25, 0.3) is 5.56 Å². The lowest BCUT2D eigenvalue weighted by atomic mass is 9.89. The Morgan fingerprint density at radius 2 is 2.19 bits per heavy atom. The fourth-order valence-corrected chi connectivity index (χ4v) is 5.02. The number of thiophene rings is 1. The molecule has 142 valence electrons. The highest BCUT2D eigenvalue weighted by Crippen LogP contribution is 2.37. The molecular weight excluding hydrogens is 360 g/mol. The van der Waals surface area contributed by atoms with Crippen molar-refractivity contribution in [2.45, 2.75) is 39.5 Å². The number of benzene rings is 1. The van der Waals surface area contributed by atoms with Gasteiger partial charge in [0, 0.05) is 10.4 Å². The number of rotatable bonds is 5. The van der Waals surface area contributed by atoms with Crippen LogP contribution in [0.2, 0.25) is 0 Å². The number of fused-ring (bicyclic) bond motifs is 3. The van der Waals surface area contributed by atoms with Gasteiger partial charge in [-0.2, -0.15) is 0 Å². The van der Waals surface area contributed by atoms with E-state index < -0.39 is 0 Å². The van der Waals surface area contributed by atoms with E-state index in [1.165, 1.54) is 10.4 Å². The highest BCUT2D eigenvalue weighted by atomic mass is 32.1. The third-order valence-electron chi connectivity index (χ3n) is 5.06. The molecule has 0 bridgehead atoms. The lowest BCUT2D eigenvalue weighted by Gasteiger charge is -2.17. The van der Waals surface area contributed by atoms with Crippen LogP contribution in [0.15, 0.2) is 23.0 Å². The Bertz CT molecular complexity index is 1040. The number of hydrogen-bond acceptors (Lipinski definition) is 5. The zero-order valence-electron chi connectivity index (χ0n) is 15.9. The quantitative estimate of drug-likeness (QED) is 0.700. The molecule has 1 aliphatic carbocycles. The summed E-state index contributed by atoms with van der Waals surface area (Å²) in [5.41, 5.74) is 1.97. The summed E-state index contributed by atoms with van der Waals surface area (Å²) in [5, 5.41) is 0.778. The fraction of sp³-hybridized carbons (Fsp3) is 0.429. The highest BCUT2D eigenvalue weighted by Gasteiger charge is 2.23. The molecule has 0 spiro atoms. The third kappa shape index (κ3) is 3.34. The monoisotopic (exact) mass is 384 g/mol. The molecule has 6 heteroatoms. The van der Waals surface area contributed by atoms with Gasteiger partial charge in [-0.3, -0.25) is 4.79 Å². The Balaban J connectivity index is 1.77. The minimum Gasteiger partial charge on any atom is -0.493 e. The van der Waals surface area contributed by atoms with Gasteiger partial charge in [0.05, 0.1) is 19.1 Å². The van der Waals surface area contributed by atoms with Gasteiger partial charge >= 0.3 is 0 Å². The number of nitrogens with one attached hydrogen (secondary N) is 1. The van der Waals surface area contributed by atoms with Crippen molar-refractivity contribution in [1.29, 1.82) is 0 Å². The average Bonchev–Trinajstić information content (AvgIpc) is 3.03. The van der Waals surface area contributed by atoms with Crippen LogP contribution in [0.25, 0.3) is 21.6 Å². The van der Waals surface area contributed by atoms with E-state index >= 15 is 0 Å². The Kier molecular flexibility index (Phi) is 4.91. The second-order valence-corrected chi connectivity index (χ2v) is 8.24. The molecule has 0 amide bonds. The van der Waals surface area contributed by atoms with E-state index in [4.69, 9.17) is 14.5 Å². The number of nitrogens with zero attached hydrogens (tertiary/aromatic N) is 1. The maximum Gasteiger partial charge on any atom is 0.260 e. The maximum atomic E-state index is 12.8. The molecule has 0 saturated carbocycles. The first-order valence-electron chi connectivity index (χ1n) is 9.46. The first kappa shape index (κ1) is 18.0. The minimum absolute atomic E-state index is 0.0488. The fourth-order valence-electron chi connectivity index (χ4n) is 3.63. The second-order valence-electron chi connectivity index (χ2n) is 7.16. The lowest BCUT2D eigenvalue weighted by Crippen LogP contribution is -2.13. The molecule has 2 heterocycles. The molecule has 3 aromatic rings. The van der Waals surface area contributed by atoms with Crippen LogP contribution in [-0.2, 0) is 12.8 Å². The SMILES string of the molecule is CCCOc1ccc(-c2nc3sc4c(c3c(=O)[nH]2)CCC(C)C4)cc1OC. The van der Waals surface area contributed by atoms with Gasteiger partial charge in [-0.15, -0.1) is 11.3 Å². The van der Waals surface area contributed by atoms with E-state index in [-0.39, 0.29) is 5.56 Å². The number of hydrogen-bond donors (Lipinski definition) is 1. The Hall–Kier alpha value is -2.34. The molecule has 2 aromatic heterocycles. The molecule has 1 aromatic carbocycles. The number of aryl methyl sites for hydroxylation is 1. The Morgan fingerprint density at radius 3 is 2.96 bits per heavy atom. The molecular formula is C21H24N2O3S. The van der Waals surface area contributed by atoms with Crippen molar-refractivity contribution in [2.75, 3.05) is 13.7 Å². The van der Waals surface area contributed by atoms with E-state index in [1.54, 1.807) is 18.4 Å². The number of aromatic nitrogens is 2. The first-order valence-corrected chi connectivity index (χ1v) is 10.3. The number of H-pyrrole nitrogens is 1. The van der Waals surface area contributed by atoms with Crippen LogP contribution in [0, 0.1) is 5.92 Å². The van der Waals surface area contributed by atoms with Gasteiger partial charge in [0.1, 0.15) is 10.7 Å². The van der Waals surface area contributed by atoms with E-state index in [2.05, 4.69) is 18.8 Å². The summed E-state index contributed by atoms with van der Waals surface area (Å²) >= 11 is 1.66. The molecule has 0 saturated heterocycles. The van der Waals surface area contributed by atoms with Crippen molar-refractivity contribution in [3.05, 3.63) is 39.0 Å². The molecule has 4 rings (SSSR count). The average molecular weight is 385 g/mol. The first-order chi connectivity index (χ1) is 13.1. The summed E-state index contributed by atoms with van der Waals surface area (Å²) in [4.78, 5) is 22.7. The van der Waals surface area contributed by atoms with Gasteiger partial charge < -0.3 is 14.5 Å². The zero-order chi connectivity index (χ0) is 19.0. The van der Waals surface area contributed by atoms with Crippen molar-refractivity contribution < 1.29 is 9.47 Å². The normalized spacial score (nSPS) is 16.3. The predicted octanol–water partition coefficient (Wildman–Crippen LogP) is 4.57. The lowest BCUT2D eigenvalue weighted by molar-refractivity contribution is 0.294. The minimum atomic E-state index is -0.0488. The van der Waals surface area contributed by atoms with Crippen molar-refractivity contribution in [2.24, 2.45) is 5.92 Å². The number of aromatic amines is 1. The van der Waals surface area contributed by atoms with Gasteiger partial charge in [0.15, 0.2) is 11.5 Å². The summed E-state index contributed by atoms with van der Waals surface area (Å²) in [6, 6.07) is 5.65. The summed E-state index contributed by atoms with van der Waals surface area (Å²) < 4.78 is 11.2. The smallest absolute Gasteiger partial charge is 0.260 e. The van der Waals surface area contributed by atoms with Crippen molar-refractivity contribution in [1.82, 2.24) is 9.97 Å². The largest absolute Gasteiger partial charge is 0.493 e. The van der Waals surface area contributed by atoms with Gasteiger partial charge in [-0.25, -0.2) is 4.98 Å². The summed E-state index contributed by atoms with van der Waals surface area (Å²) in [6.45, 7) is 4.97. The molecule has 1 aliphatic rings. The summed E-state index contributed by atoms with van der Waals surface area (Å²) in [5.74, 6) is 2.58. The third-order valence-corrected chi connectivity index (χ3v) is 6.21. The molecule has 1 unspecified atom stereocenters.